The van der Waals surface area contributed by atoms with Gasteiger partial charge in [0.2, 0.25) is 0 Å². The van der Waals surface area contributed by atoms with Crippen molar-refractivity contribution in [2.45, 2.75) is 33.0 Å². The Kier molecular flexibility index (Phi) is 8.59. The number of anilines is 4. The van der Waals surface area contributed by atoms with Gasteiger partial charge in [0.15, 0.2) is 0 Å². The van der Waals surface area contributed by atoms with Crippen molar-refractivity contribution in [3.8, 4) is 62.2 Å². The number of hydrogen-bond acceptors (Lipinski definition) is 5. The van der Waals surface area contributed by atoms with E-state index in [1.165, 1.54) is 12.3 Å². The van der Waals surface area contributed by atoms with Gasteiger partial charge in [-0.15, -0.1) is 48.1 Å². The van der Waals surface area contributed by atoms with Crippen LogP contribution < -0.4 is 19.3 Å². The van der Waals surface area contributed by atoms with Crippen molar-refractivity contribution < 1.29 is 38.8 Å². The van der Waals surface area contributed by atoms with E-state index in [0.29, 0.717) is 56.0 Å². The van der Waals surface area contributed by atoms with E-state index in [-0.39, 0.29) is 56.1 Å². The summed E-state index contributed by atoms with van der Waals surface area (Å²) in [5.74, 6) is 1.99. The first-order valence-corrected chi connectivity index (χ1v) is 21.5. The summed E-state index contributed by atoms with van der Waals surface area (Å²) in [6.07, 6.45) is 1.52. The number of nitrogens with zero attached hydrogens (tertiary/aromatic N) is 4. The Morgan fingerprint density at radius 3 is 2.12 bits per heavy atom. The fourth-order valence-corrected chi connectivity index (χ4v) is 8.86. The Bertz CT molecular complexity index is 3780. The number of rotatable bonds is 1. The molecule has 0 amide bonds. The molecule has 0 spiro atoms. The summed E-state index contributed by atoms with van der Waals surface area (Å²) in [6, 6.07) is 57.9. The predicted octanol–water partition coefficient (Wildman–Crippen LogP) is 15.7. The van der Waals surface area contributed by atoms with Gasteiger partial charge in [0.05, 0.1) is 4.11 Å². The number of hydrogen-bond donors (Lipinski definition) is 0. The van der Waals surface area contributed by atoms with Crippen LogP contribution in [0.2, 0.25) is 0 Å². The van der Waals surface area contributed by atoms with Gasteiger partial charge in [0.25, 0.3) is 0 Å². The predicted molar refractivity (Wildman–Crippen MR) is 264 cm³/mol. The zero-order valence-corrected chi connectivity index (χ0v) is 38.4. The van der Waals surface area contributed by atoms with Gasteiger partial charge in [-0.05, 0) is 94.0 Å². The SMILES string of the molecule is [2H]c1c(C(C)(C)C)c([2H])c2c3ccc4[c-]c3n(c2c1[2H])-c1cc(C([2H])([2H])[2H])c(cn1)-c1cccc(c1)Oc1ccc(cc1)-c1cccc(-c2ccccc2)c1N1[CH-]N(c2[c-]c(ccc2)O4)c2ccccc21.[Pt]. The van der Waals surface area contributed by atoms with Crippen LogP contribution >= 0.6 is 0 Å². The molecule has 10 aromatic rings. The second-order valence-electron chi connectivity index (χ2n) is 17.3. The standard InChI is InChI=1S/C59H43N4O2.Pt/c1-38-31-57-60-36-52(38)41-15-10-17-45(32-41)64-44-26-23-40(24-27-44)49-20-12-19-48(39-13-6-5-7-14-39)58(49)62-37-61(54-21-8-9-22-55(54)62)43-16-11-18-46(34-43)65-47-28-29-50-51-33-42(59(2,3)4)25-30-53(51)63(57)56(50)35-47;/h5-33,36-37H,1-4H3;/q-3;/i1D3,25D,30D,33D;. The van der Waals surface area contributed by atoms with Gasteiger partial charge in [-0.1, -0.05) is 123 Å². The van der Waals surface area contributed by atoms with Crippen molar-refractivity contribution >= 4 is 44.6 Å². The van der Waals surface area contributed by atoms with Gasteiger partial charge in [-0.25, -0.2) is 4.98 Å². The summed E-state index contributed by atoms with van der Waals surface area (Å²) in [4.78, 5) is 9.23. The topological polar surface area (TPSA) is 42.8 Å². The number of aryl methyl sites for hydroxylation is 1. The molecule has 0 atom stereocenters. The molecule has 14 rings (SSSR count). The molecule has 4 aliphatic rings. The van der Waals surface area contributed by atoms with Crippen LogP contribution in [0.1, 0.15) is 40.1 Å². The first-order valence-electron chi connectivity index (χ1n) is 24.5. The van der Waals surface area contributed by atoms with Crippen LogP contribution in [-0.2, 0) is 26.5 Å². The number of ether oxygens (including phenoxy) is 2. The number of fused-ring (bicyclic) bond motifs is 5. The quantitative estimate of drug-likeness (QED) is 0.153. The minimum absolute atomic E-state index is 0. The molecule has 0 radical (unpaired) electrons. The maximum absolute atomic E-state index is 9.60. The maximum atomic E-state index is 9.60. The summed E-state index contributed by atoms with van der Waals surface area (Å²) >= 11 is 0. The maximum Gasteiger partial charge on any atom is 0.135 e. The van der Waals surface area contributed by atoms with Crippen molar-refractivity contribution in [1.82, 2.24) is 9.55 Å². The largest absolute Gasteiger partial charge is 0.509 e. The molecule has 6 nitrogen and oxygen atoms in total. The van der Waals surface area contributed by atoms with E-state index >= 15 is 0 Å². The van der Waals surface area contributed by atoms with Gasteiger partial charge in [-0.3, -0.25) is 0 Å². The van der Waals surface area contributed by atoms with Crippen LogP contribution in [0.4, 0.5) is 22.7 Å². The molecule has 4 aliphatic heterocycles. The Morgan fingerprint density at radius 1 is 0.621 bits per heavy atom. The molecule has 6 heterocycles. The molecule has 0 fully saturated rings. The molecule has 7 heteroatoms. The van der Waals surface area contributed by atoms with E-state index < -0.39 is 12.3 Å². The fourth-order valence-electron chi connectivity index (χ4n) is 8.86. The molecule has 0 aliphatic carbocycles. The molecule has 8 aromatic carbocycles. The van der Waals surface area contributed by atoms with Crippen molar-refractivity contribution in [1.29, 1.82) is 0 Å². The van der Waals surface area contributed by atoms with Gasteiger partial charge in [0.1, 0.15) is 17.3 Å². The molecule has 0 unspecified atom stereocenters. The zero-order chi connectivity index (χ0) is 48.9. The third kappa shape index (κ3) is 7.13. The Labute approximate surface area is 408 Å². The van der Waals surface area contributed by atoms with Gasteiger partial charge >= 0.3 is 0 Å². The third-order valence-corrected chi connectivity index (χ3v) is 12.0. The first kappa shape index (κ1) is 34.9. The normalized spacial score (nSPS) is 14.3. The van der Waals surface area contributed by atoms with E-state index in [4.69, 9.17) is 18.6 Å². The van der Waals surface area contributed by atoms with Crippen LogP contribution in [0.5, 0.6) is 23.0 Å². The van der Waals surface area contributed by atoms with Crippen molar-refractivity contribution in [3.63, 3.8) is 0 Å². The first-order chi connectivity index (χ1) is 34.2. The molecule has 12 bridgehead atoms. The molecular formula is C59H43N4O2Pt-3. The Balaban J connectivity index is 0.00000560. The minimum atomic E-state index is -2.61. The summed E-state index contributed by atoms with van der Waals surface area (Å²) in [5.41, 5.74) is 9.09. The summed E-state index contributed by atoms with van der Waals surface area (Å²) < 4.78 is 69.6. The van der Waals surface area contributed by atoms with Crippen molar-refractivity contribution in [2.24, 2.45) is 0 Å². The molecule has 0 saturated carbocycles. The Hall–Kier alpha value is -7.40. The molecule has 2 aromatic heterocycles. The molecule has 0 saturated heterocycles. The molecule has 0 N–H and O–H groups in total. The van der Waals surface area contributed by atoms with Crippen LogP contribution in [0.15, 0.2) is 182 Å². The van der Waals surface area contributed by atoms with Gasteiger partial charge in [0, 0.05) is 82.1 Å². The Morgan fingerprint density at radius 2 is 1.33 bits per heavy atom. The van der Waals surface area contributed by atoms with Gasteiger partial charge in [-0.2, -0.15) is 12.1 Å². The van der Waals surface area contributed by atoms with Crippen molar-refractivity contribution in [3.05, 3.63) is 212 Å². The minimum Gasteiger partial charge on any atom is -0.509 e. The third-order valence-electron chi connectivity index (χ3n) is 12.0. The average molecular weight is 1040 g/mol. The number of pyridine rings is 1. The molecule has 66 heavy (non-hydrogen) atoms. The summed E-state index contributed by atoms with van der Waals surface area (Å²) in [5, 5.41) is 1.00. The van der Waals surface area contributed by atoms with Crippen LogP contribution in [0.3, 0.4) is 0 Å². The van der Waals surface area contributed by atoms with E-state index in [2.05, 4.69) is 71.1 Å². The summed E-state index contributed by atoms with van der Waals surface area (Å²) in [6.45, 7) is 5.26. The number of benzene rings is 8. The summed E-state index contributed by atoms with van der Waals surface area (Å²) in [7, 11) is 0. The monoisotopic (exact) mass is 1040 g/mol. The molecule has 324 valence electrons. The van der Waals surface area contributed by atoms with Crippen LogP contribution in [-0.4, -0.2) is 9.55 Å². The number of aromatic nitrogens is 2. The van der Waals surface area contributed by atoms with E-state index in [0.717, 1.165) is 45.0 Å². The van der Waals surface area contributed by atoms with Crippen LogP contribution in [0.25, 0.3) is 61.0 Å². The van der Waals surface area contributed by atoms with E-state index in [1.807, 2.05) is 118 Å². The fraction of sp³-hybridized carbons (Fsp3) is 0.0847. The van der Waals surface area contributed by atoms with Crippen LogP contribution in [0, 0.1) is 25.7 Å². The van der Waals surface area contributed by atoms with E-state index in [9.17, 15) is 4.11 Å². The zero-order valence-electron chi connectivity index (χ0n) is 42.1. The second-order valence-corrected chi connectivity index (χ2v) is 17.3. The second kappa shape index (κ2) is 16.2. The number of para-hydroxylation sites is 3. The average Bonchev–Trinajstić information content (AvgIpc) is 3.92. The van der Waals surface area contributed by atoms with Gasteiger partial charge < -0.3 is 23.8 Å². The van der Waals surface area contributed by atoms with Crippen molar-refractivity contribution in [2.75, 3.05) is 9.80 Å². The smallest absolute Gasteiger partial charge is 0.135 e. The van der Waals surface area contributed by atoms with E-state index in [1.54, 1.807) is 16.7 Å². The molecular weight excluding hydrogens is 992 g/mol.